The van der Waals surface area contributed by atoms with Crippen molar-refractivity contribution in [2.24, 2.45) is 5.73 Å². The molecule has 0 unspecified atom stereocenters. The first kappa shape index (κ1) is 7.67. The Hall–Kier alpha value is -1.59. The number of nitrogens with two attached hydrogens (primary N) is 1. The maximum absolute atomic E-state index is 11.1. The number of Topliss-reactive ketones (excluding diaryl/α,β-unsaturated/α-hetero) is 1. The molecule has 5 N–H and O–H groups in total. The predicted molar refractivity (Wildman–Crippen MR) is 53.4 cm³/mol. The summed E-state index contributed by atoms with van der Waals surface area (Å²) in [5.41, 5.74) is 4.94. The van der Waals surface area contributed by atoms with Crippen molar-refractivity contribution < 1.29 is 24.2 Å². The van der Waals surface area contributed by atoms with E-state index in [1.807, 2.05) is 0 Å². The van der Waals surface area contributed by atoms with Crippen LogP contribution in [0.25, 0.3) is 0 Å². The molecule has 5 heteroatoms. The van der Waals surface area contributed by atoms with Crippen LogP contribution < -0.4 is 5.73 Å². The van der Waals surface area contributed by atoms with Crippen LogP contribution in [0.1, 0.15) is 22.7 Å². The molecule has 0 radical (unpaired) electrons. The number of phenolic OH excluding ortho intramolecular Hbond substituents is 2. The summed E-state index contributed by atoms with van der Waals surface area (Å²) in [7, 11) is 0. The summed E-state index contributed by atoms with van der Waals surface area (Å²) in [4.78, 5) is 11.1. The van der Waals surface area contributed by atoms with Crippen molar-refractivity contribution in [1.82, 2.24) is 0 Å². The standard InChI is InChI=1S/C10H13NO4/c1-5(12)9(11)10(15)6-2-3-7(13)8(14)4-6/h2-4,9-10,13-15H,11H2,1H3/t9-,10-/m1/s1/i2D,3D,4D. The Labute approximate surface area is 91.0 Å². The molecule has 0 amide bonds. The highest BCUT2D eigenvalue weighted by Crippen LogP contribution is 2.28. The van der Waals surface area contributed by atoms with Crippen molar-refractivity contribution in [1.29, 1.82) is 0 Å². The van der Waals surface area contributed by atoms with E-state index in [4.69, 9.17) is 9.85 Å². The molecule has 15 heavy (non-hydrogen) atoms. The topological polar surface area (TPSA) is 104 Å². The zero-order valence-corrected chi connectivity index (χ0v) is 7.98. The first-order valence-electron chi connectivity index (χ1n) is 5.65. The molecule has 0 aliphatic heterocycles. The van der Waals surface area contributed by atoms with Gasteiger partial charge in [0, 0.05) is 0 Å². The molecule has 0 saturated heterocycles. The van der Waals surface area contributed by atoms with Gasteiger partial charge in [-0.25, -0.2) is 0 Å². The van der Waals surface area contributed by atoms with E-state index in [0.29, 0.717) is 0 Å². The summed E-state index contributed by atoms with van der Waals surface area (Å²) in [5, 5.41) is 28.4. The first-order chi connectivity index (χ1) is 8.20. The smallest absolute Gasteiger partial charge is 0.157 e. The highest BCUT2D eigenvalue weighted by Gasteiger charge is 2.21. The summed E-state index contributed by atoms with van der Waals surface area (Å²) < 4.78 is 22.4. The Kier molecular flexibility index (Phi) is 2.19. The highest BCUT2D eigenvalue weighted by molar-refractivity contribution is 5.82. The van der Waals surface area contributed by atoms with E-state index in [-0.39, 0.29) is 0 Å². The van der Waals surface area contributed by atoms with Crippen LogP contribution in [0.5, 0.6) is 11.5 Å². The van der Waals surface area contributed by atoms with Gasteiger partial charge in [-0.05, 0) is 24.6 Å². The van der Waals surface area contributed by atoms with Gasteiger partial charge in [-0.15, -0.1) is 0 Å². The van der Waals surface area contributed by atoms with Crippen LogP contribution in [0, 0.1) is 0 Å². The van der Waals surface area contributed by atoms with Gasteiger partial charge in [0.15, 0.2) is 11.5 Å². The van der Waals surface area contributed by atoms with E-state index in [2.05, 4.69) is 0 Å². The number of rotatable bonds is 3. The predicted octanol–water partition coefficient (Wildman–Crippen LogP) is 0.0475. The molecule has 0 aromatic heterocycles. The zero-order valence-electron chi connectivity index (χ0n) is 11.0. The van der Waals surface area contributed by atoms with Crippen LogP contribution in [-0.2, 0) is 4.79 Å². The summed E-state index contributed by atoms with van der Waals surface area (Å²) in [6.45, 7) is 1.13. The van der Waals surface area contributed by atoms with Gasteiger partial charge in [-0.1, -0.05) is 6.04 Å². The number of hydrogen-bond donors (Lipinski definition) is 4. The fourth-order valence-electron chi connectivity index (χ4n) is 0.954. The molecule has 0 bridgehead atoms. The number of hydrogen-bond acceptors (Lipinski definition) is 5. The Morgan fingerprint density at radius 3 is 2.60 bits per heavy atom. The van der Waals surface area contributed by atoms with Crippen molar-refractivity contribution in [3.8, 4) is 11.5 Å². The van der Waals surface area contributed by atoms with Gasteiger partial charge >= 0.3 is 0 Å². The van der Waals surface area contributed by atoms with Crippen molar-refractivity contribution in [3.63, 3.8) is 0 Å². The largest absolute Gasteiger partial charge is 0.504 e. The molecule has 82 valence electrons. The molecule has 0 aliphatic rings. The maximum atomic E-state index is 11.1. The second kappa shape index (κ2) is 4.29. The minimum absolute atomic E-state index is 0.460. The van der Waals surface area contributed by atoms with E-state index in [1.54, 1.807) is 0 Å². The summed E-state index contributed by atoms with van der Waals surface area (Å²) in [6.07, 6.45) is -1.70. The van der Waals surface area contributed by atoms with Crippen LogP contribution >= 0.6 is 0 Å². The fourth-order valence-corrected chi connectivity index (χ4v) is 0.954. The van der Waals surface area contributed by atoms with Gasteiger partial charge in [0.05, 0.1) is 10.2 Å². The number of benzene rings is 1. The Bertz CT molecular complexity index is 477. The van der Waals surface area contributed by atoms with Crippen molar-refractivity contribution >= 4 is 5.78 Å². The average molecular weight is 214 g/mol. The molecule has 1 aromatic rings. The van der Waals surface area contributed by atoms with Gasteiger partial charge < -0.3 is 21.1 Å². The van der Waals surface area contributed by atoms with E-state index < -0.39 is 53.1 Å². The number of carbonyl (C=O) groups excluding carboxylic acids is 1. The van der Waals surface area contributed by atoms with Crippen molar-refractivity contribution in [3.05, 3.63) is 23.7 Å². The van der Waals surface area contributed by atoms with E-state index in [9.17, 15) is 20.1 Å². The number of aliphatic hydroxyl groups is 1. The lowest BCUT2D eigenvalue weighted by atomic mass is 10.00. The molecule has 1 rings (SSSR count). The third kappa shape index (κ3) is 2.45. The Morgan fingerprint density at radius 2 is 2.07 bits per heavy atom. The molecule has 0 spiro atoms. The second-order valence-corrected chi connectivity index (χ2v) is 3.07. The van der Waals surface area contributed by atoms with Crippen LogP contribution in [0.15, 0.2) is 18.1 Å². The van der Waals surface area contributed by atoms with Crippen LogP contribution in [0.4, 0.5) is 0 Å². The van der Waals surface area contributed by atoms with Crippen molar-refractivity contribution in [2.75, 3.05) is 0 Å². The van der Waals surface area contributed by atoms with Gasteiger partial charge in [-0.2, -0.15) is 0 Å². The minimum atomic E-state index is -1.70. The number of ketones is 1. The van der Waals surface area contributed by atoms with Gasteiger partial charge in [0.2, 0.25) is 0 Å². The van der Waals surface area contributed by atoms with Crippen molar-refractivity contribution in [2.45, 2.75) is 19.1 Å². The number of phenols is 2. The summed E-state index contributed by atoms with van der Waals surface area (Å²) in [6, 6.07) is -3.49. The highest BCUT2D eigenvalue weighted by atomic mass is 16.3. The SMILES string of the molecule is [2H]c1c([2H])c([C@@H](O)[C@H](N)C(C)=O)c([2H])c(O)c1O. The number of carbonyl (C=O) groups is 1. The molecule has 0 heterocycles. The van der Waals surface area contributed by atoms with E-state index >= 15 is 0 Å². The minimum Gasteiger partial charge on any atom is -0.504 e. The molecular weight excluding hydrogens is 198 g/mol. The van der Waals surface area contributed by atoms with Crippen LogP contribution in [-0.4, -0.2) is 27.1 Å². The third-order valence-electron chi connectivity index (χ3n) is 1.90. The number of aliphatic hydroxyl groups excluding tert-OH is 1. The molecule has 2 atom stereocenters. The molecule has 5 nitrogen and oxygen atoms in total. The fraction of sp³-hybridized carbons (Fsp3) is 0.300. The third-order valence-corrected chi connectivity index (χ3v) is 1.90. The lowest BCUT2D eigenvalue weighted by molar-refractivity contribution is -0.120. The van der Waals surface area contributed by atoms with Gasteiger partial charge in [-0.3, -0.25) is 4.79 Å². The summed E-state index contributed by atoms with van der Waals surface area (Å²) in [5.74, 6) is -2.42. The van der Waals surface area contributed by atoms with Gasteiger partial charge in [0.1, 0.15) is 11.9 Å². The molecule has 0 saturated carbocycles. The maximum Gasteiger partial charge on any atom is 0.157 e. The van der Waals surface area contributed by atoms with Crippen LogP contribution in [0.3, 0.4) is 0 Å². The quantitative estimate of drug-likeness (QED) is 0.532. The van der Waals surface area contributed by atoms with E-state index in [0.717, 1.165) is 6.92 Å². The first-order valence-corrected chi connectivity index (χ1v) is 4.15. The Balaban J connectivity index is 3.46. The zero-order chi connectivity index (χ0) is 14.2. The average Bonchev–Trinajstić information content (AvgIpc) is 2.32. The monoisotopic (exact) mass is 214 g/mol. The van der Waals surface area contributed by atoms with Crippen LogP contribution in [0.2, 0.25) is 0 Å². The molecular formula is C10H13NO4. The van der Waals surface area contributed by atoms with E-state index in [1.165, 1.54) is 0 Å². The Morgan fingerprint density at radius 1 is 1.47 bits per heavy atom. The molecule has 0 aliphatic carbocycles. The summed E-state index contributed by atoms with van der Waals surface area (Å²) >= 11 is 0. The van der Waals surface area contributed by atoms with Gasteiger partial charge in [0.25, 0.3) is 0 Å². The second-order valence-electron chi connectivity index (χ2n) is 3.07. The lowest BCUT2D eigenvalue weighted by Gasteiger charge is -2.16. The molecule has 1 aromatic carbocycles. The molecule has 0 fully saturated rings. The number of aromatic hydroxyl groups is 2. The normalized spacial score (nSPS) is 17.4. The lowest BCUT2D eigenvalue weighted by Crippen LogP contribution is -2.35.